The van der Waals surface area contributed by atoms with Crippen LogP contribution in [-0.4, -0.2) is 23.9 Å². The Morgan fingerprint density at radius 1 is 1.47 bits per heavy atom. The quantitative estimate of drug-likeness (QED) is 0.702. The van der Waals surface area contributed by atoms with Gasteiger partial charge in [0, 0.05) is 13.1 Å². The number of hydrogen-bond donors (Lipinski definition) is 0. The first-order chi connectivity index (χ1) is 7.10. The Labute approximate surface area is 89.1 Å². The highest BCUT2D eigenvalue weighted by atomic mass is 16.3. The Morgan fingerprint density at radius 3 is 2.67 bits per heavy atom. The molecule has 15 heavy (non-hydrogen) atoms. The van der Waals surface area contributed by atoms with Crippen molar-refractivity contribution in [1.29, 1.82) is 0 Å². The lowest BCUT2D eigenvalue weighted by atomic mass is 10.1. The standard InChI is InChI=1S/C12H15NO2/c1-12(2)9-5-13(6-10(9)12)11(14)8-3-4-15-7-8/h3-4,7,9-10H,5-6H2,1-2H3. The Bertz CT molecular complexity index is 380. The van der Waals surface area contributed by atoms with E-state index in [4.69, 9.17) is 4.42 Å². The zero-order valence-corrected chi connectivity index (χ0v) is 9.06. The third-order valence-electron chi connectivity index (χ3n) is 4.18. The van der Waals surface area contributed by atoms with Crippen LogP contribution in [-0.2, 0) is 0 Å². The van der Waals surface area contributed by atoms with Crippen molar-refractivity contribution in [1.82, 2.24) is 4.90 Å². The number of hydrogen-bond acceptors (Lipinski definition) is 2. The van der Waals surface area contributed by atoms with Gasteiger partial charge in [-0.05, 0) is 23.3 Å². The molecular weight excluding hydrogens is 190 g/mol. The van der Waals surface area contributed by atoms with Crippen molar-refractivity contribution in [3.8, 4) is 0 Å². The topological polar surface area (TPSA) is 33.5 Å². The minimum Gasteiger partial charge on any atom is -0.472 e. The van der Waals surface area contributed by atoms with E-state index in [1.165, 1.54) is 6.26 Å². The summed E-state index contributed by atoms with van der Waals surface area (Å²) < 4.78 is 4.93. The lowest BCUT2D eigenvalue weighted by molar-refractivity contribution is 0.0757. The van der Waals surface area contributed by atoms with Crippen molar-refractivity contribution in [3.05, 3.63) is 24.2 Å². The summed E-state index contributed by atoms with van der Waals surface area (Å²) >= 11 is 0. The van der Waals surface area contributed by atoms with Gasteiger partial charge < -0.3 is 9.32 Å². The molecule has 2 aliphatic rings. The van der Waals surface area contributed by atoms with Crippen LogP contribution in [0, 0.1) is 17.3 Å². The van der Waals surface area contributed by atoms with Gasteiger partial charge in [-0.25, -0.2) is 0 Å². The van der Waals surface area contributed by atoms with Crippen molar-refractivity contribution in [3.63, 3.8) is 0 Å². The molecular formula is C12H15NO2. The largest absolute Gasteiger partial charge is 0.472 e. The van der Waals surface area contributed by atoms with Gasteiger partial charge in [0.1, 0.15) is 6.26 Å². The maximum atomic E-state index is 12.0. The van der Waals surface area contributed by atoms with E-state index in [0.717, 1.165) is 13.1 Å². The van der Waals surface area contributed by atoms with Gasteiger partial charge in [-0.3, -0.25) is 4.79 Å². The van der Waals surface area contributed by atoms with Gasteiger partial charge in [0.25, 0.3) is 5.91 Å². The molecule has 1 aliphatic carbocycles. The molecule has 3 rings (SSSR count). The number of fused-ring (bicyclic) bond motifs is 1. The Kier molecular flexibility index (Phi) is 1.59. The zero-order valence-electron chi connectivity index (χ0n) is 9.06. The van der Waals surface area contributed by atoms with Crippen molar-refractivity contribution >= 4 is 5.91 Å². The van der Waals surface area contributed by atoms with Crippen molar-refractivity contribution in [2.24, 2.45) is 17.3 Å². The number of rotatable bonds is 1. The highest BCUT2D eigenvalue weighted by Gasteiger charge is 2.62. The van der Waals surface area contributed by atoms with Gasteiger partial charge in [0.2, 0.25) is 0 Å². The first kappa shape index (κ1) is 9.01. The third-order valence-corrected chi connectivity index (χ3v) is 4.18. The summed E-state index contributed by atoms with van der Waals surface area (Å²) in [4.78, 5) is 13.9. The molecule has 1 aromatic rings. The summed E-state index contributed by atoms with van der Waals surface area (Å²) in [5.41, 5.74) is 1.14. The second-order valence-electron chi connectivity index (χ2n) is 5.26. The van der Waals surface area contributed by atoms with Crippen molar-refractivity contribution in [2.45, 2.75) is 13.8 Å². The molecule has 0 radical (unpaired) electrons. The maximum absolute atomic E-state index is 12.0. The minimum atomic E-state index is 0.117. The van der Waals surface area contributed by atoms with Crippen LogP contribution in [0.1, 0.15) is 24.2 Å². The molecule has 2 atom stereocenters. The van der Waals surface area contributed by atoms with Crippen LogP contribution < -0.4 is 0 Å². The van der Waals surface area contributed by atoms with Gasteiger partial charge >= 0.3 is 0 Å². The fraction of sp³-hybridized carbons (Fsp3) is 0.583. The lowest BCUT2D eigenvalue weighted by Crippen LogP contribution is -2.32. The average Bonchev–Trinajstić information content (AvgIpc) is 2.79. The van der Waals surface area contributed by atoms with Gasteiger partial charge in [0.05, 0.1) is 11.8 Å². The first-order valence-electron chi connectivity index (χ1n) is 5.42. The molecule has 0 aromatic carbocycles. The van der Waals surface area contributed by atoms with E-state index in [2.05, 4.69) is 13.8 Å². The summed E-state index contributed by atoms with van der Waals surface area (Å²) in [5.74, 6) is 1.55. The summed E-state index contributed by atoms with van der Waals surface area (Å²) in [7, 11) is 0. The van der Waals surface area contributed by atoms with Crippen LogP contribution in [0.15, 0.2) is 23.0 Å². The van der Waals surface area contributed by atoms with Crippen LogP contribution in [0.5, 0.6) is 0 Å². The molecule has 1 saturated heterocycles. The minimum absolute atomic E-state index is 0.117. The van der Waals surface area contributed by atoms with E-state index in [-0.39, 0.29) is 5.91 Å². The second-order valence-corrected chi connectivity index (χ2v) is 5.26. The molecule has 3 heteroatoms. The van der Waals surface area contributed by atoms with Crippen LogP contribution >= 0.6 is 0 Å². The molecule has 2 unspecified atom stereocenters. The van der Waals surface area contributed by atoms with Crippen molar-refractivity contribution in [2.75, 3.05) is 13.1 Å². The average molecular weight is 205 g/mol. The smallest absolute Gasteiger partial charge is 0.257 e. The van der Waals surface area contributed by atoms with Gasteiger partial charge in [0.15, 0.2) is 0 Å². The molecule has 2 heterocycles. The molecule has 1 aromatic heterocycles. The number of furan rings is 1. The Hall–Kier alpha value is -1.25. The van der Waals surface area contributed by atoms with E-state index in [9.17, 15) is 4.79 Å². The summed E-state index contributed by atoms with van der Waals surface area (Å²) in [6.07, 6.45) is 3.07. The molecule has 1 saturated carbocycles. The number of nitrogens with zero attached hydrogens (tertiary/aromatic N) is 1. The Morgan fingerprint density at radius 2 is 2.13 bits per heavy atom. The van der Waals surface area contributed by atoms with E-state index in [1.54, 1.807) is 12.3 Å². The van der Waals surface area contributed by atoms with E-state index in [1.807, 2.05) is 4.90 Å². The van der Waals surface area contributed by atoms with Crippen LogP contribution in [0.2, 0.25) is 0 Å². The lowest BCUT2D eigenvalue weighted by Gasteiger charge is -2.21. The zero-order chi connectivity index (χ0) is 10.6. The molecule has 0 spiro atoms. The predicted molar refractivity (Wildman–Crippen MR) is 55.4 cm³/mol. The molecule has 1 amide bonds. The van der Waals surface area contributed by atoms with Gasteiger partial charge in [-0.15, -0.1) is 0 Å². The number of amides is 1. The molecule has 3 nitrogen and oxygen atoms in total. The fourth-order valence-corrected chi connectivity index (χ4v) is 2.87. The molecule has 1 aliphatic heterocycles. The summed E-state index contributed by atoms with van der Waals surface area (Å²) in [6, 6.07) is 1.73. The number of carbonyl (C=O) groups excluding carboxylic acids is 1. The molecule has 2 fully saturated rings. The Balaban J connectivity index is 1.71. The van der Waals surface area contributed by atoms with Crippen LogP contribution in [0.4, 0.5) is 0 Å². The first-order valence-corrected chi connectivity index (χ1v) is 5.42. The van der Waals surface area contributed by atoms with E-state index < -0.39 is 0 Å². The summed E-state index contributed by atoms with van der Waals surface area (Å²) in [6.45, 7) is 6.42. The van der Waals surface area contributed by atoms with Crippen molar-refractivity contribution < 1.29 is 9.21 Å². The number of carbonyl (C=O) groups is 1. The van der Waals surface area contributed by atoms with Gasteiger partial charge in [-0.2, -0.15) is 0 Å². The highest BCUT2D eigenvalue weighted by molar-refractivity contribution is 5.94. The van der Waals surface area contributed by atoms with E-state index in [0.29, 0.717) is 22.8 Å². The van der Waals surface area contributed by atoms with Crippen LogP contribution in [0.25, 0.3) is 0 Å². The second kappa shape index (κ2) is 2.65. The third kappa shape index (κ3) is 1.15. The predicted octanol–water partition coefficient (Wildman–Crippen LogP) is 2.01. The van der Waals surface area contributed by atoms with Gasteiger partial charge in [-0.1, -0.05) is 13.8 Å². The maximum Gasteiger partial charge on any atom is 0.257 e. The highest BCUT2D eigenvalue weighted by Crippen LogP contribution is 2.62. The molecule has 0 N–H and O–H groups in total. The SMILES string of the molecule is CC1(C)C2CN(C(=O)c3ccoc3)CC21. The summed E-state index contributed by atoms with van der Waals surface area (Å²) in [5, 5.41) is 0. The van der Waals surface area contributed by atoms with E-state index >= 15 is 0 Å². The number of piperidine rings is 1. The monoisotopic (exact) mass is 205 g/mol. The van der Waals surface area contributed by atoms with Crippen LogP contribution in [0.3, 0.4) is 0 Å². The number of likely N-dealkylation sites (tertiary alicyclic amines) is 1. The molecule has 0 bridgehead atoms. The normalized spacial score (nSPS) is 31.5. The fourth-order valence-electron chi connectivity index (χ4n) is 2.87. The molecule has 80 valence electrons.